The standard InChI is InChI=1S/C15H17N3/c16-14-5-4-13-10-18(8-6-12(13)9-14)11-15-3-1-2-7-17-15/h1-5,7,9H,6,8,10-11,16H2. The van der Waals surface area contributed by atoms with Crippen LogP contribution < -0.4 is 5.73 Å². The Morgan fingerprint density at radius 3 is 2.94 bits per heavy atom. The summed E-state index contributed by atoms with van der Waals surface area (Å²) in [7, 11) is 0. The maximum atomic E-state index is 5.82. The fraction of sp³-hybridized carbons (Fsp3) is 0.267. The van der Waals surface area contributed by atoms with E-state index in [1.165, 1.54) is 11.1 Å². The van der Waals surface area contributed by atoms with E-state index in [0.717, 1.165) is 37.4 Å². The van der Waals surface area contributed by atoms with Crippen LogP contribution in [0.3, 0.4) is 0 Å². The van der Waals surface area contributed by atoms with Crippen molar-refractivity contribution in [2.24, 2.45) is 0 Å². The van der Waals surface area contributed by atoms with E-state index in [4.69, 9.17) is 5.73 Å². The van der Waals surface area contributed by atoms with Gasteiger partial charge in [-0.05, 0) is 41.8 Å². The molecule has 2 heterocycles. The molecule has 2 N–H and O–H groups in total. The van der Waals surface area contributed by atoms with Gasteiger partial charge in [0, 0.05) is 31.5 Å². The molecule has 1 aromatic heterocycles. The minimum absolute atomic E-state index is 0.868. The first-order valence-corrected chi connectivity index (χ1v) is 6.31. The molecule has 1 aliphatic heterocycles. The number of hydrogen-bond acceptors (Lipinski definition) is 3. The van der Waals surface area contributed by atoms with Gasteiger partial charge in [-0.15, -0.1) is 0 Å². The van der Waals surface area contributed by atoms with Crippen molar-refractivity contribution in [2.75, 3.05) is 12.3 Å². The maximum Gasteiger partial charge on any atom is 0.0544 e. The van der Waals surface area contributed by atoms with Crippen molar-refractivity contribution in [3.05, 3.63) is 59.4 Å². The third-order valence-corrected chi connectivity index (χ3v) is 3.43. The second kappa shape index (κ2) is 4.78. The average Bonchev–Trinajstić information content (AvgIpc) is 2.40. The number of fused-ring (bicyclic) bond motifs is 1. The summed E-state index contributed by atoms with van der Waals surface area (Å²) in [6, 6.07) is 12.3. The van der Waals surface area contributed by atoms with Crippen LogP contribution in [0.5, 0.6) is 0 Å². The highest BCUT2D eigenvalue weighted by molar-refractivity contribution is 5.45. The van der Waals surface area contributed by atoms with E-state index < -0.39 is 0 Å². The molecule has 0 saturated carbocycles. The van der Waals surface area contributed by atoms with E-state index in [0.29, 0.717) is 0 Å². The van der Waals surface area contributed by atoms with Gasteiger partial charge in [0.1, 0.15) is 0 Å². The van der Waals surface area contributed by atoms with Crippen molar-refractivity contribution >= 4 is 5.69 Å². The van der Waals surface area contributed by atoms with Gasteiger partial charge in [-0.3, -0.25) is 9.88 Å². The number of nitrogen functional groups attached to an aromatic ring is 1. The number of pyridine rings is 1. The Labute approximate surface area is 107 Å². The summed E-state index contributed by atoms with van der Waals surface area (Å²) >= 11 is 0. The van der Waals surface area contributed by atoms with E-state index in [2.05, 4.69) is 28.1 Å². The molecule has 3 heteroatoms. The molecule has 18 heavy (non-hydrogen) atoms. The molecule has 0 amide bonds. The van der Waals surface area contributed by atoms with Crippen LogP contribution in [0.25, 0.3) is 0 Å². The van der Waals surface area contributed by atoms with Crippen LogP contribution in [0.1, 0.15) is 16.8 Å². The summed E-state index contributed by atoms with van der Waals surface area (Å²) in [4.78, 5) is 6.81. The van der Waals surface area contributed by atoms with Crippen LogP contribution in [-0.4, -0.2) is 16.4 Å². The Bertz CT molecular complexity index is 537. The minimum Gasteiger partial charge on any atom is -0.399 e. The SMILES string of the molecule is Nc1ccc2c(c1)CCN(Cc1ccccn1)C2. The number of aromatic nitrogens is 1. The first-order chi connectivity index (χ1) is 8.81. The van der Waals surface area contributed by atoms with Gasteiger partial charge < -0.3 is 5.73 Å². The van der Waals surface area contributed by atoms with Gasteiger partial charge in [-0.2, -0.15) is 0 Å². The number of benzene rings is 1. The lowest BCUT2D eigenvalue weighted by Crippen LogP contribution is -2.30. The fourth-order valence-electron chi connectivity index (χ4n) is 2.49. The first-order valence-electron chi connectivity index (χ1n) is 6.31. The average molecular weight is 239 g/mol. The summed E-state index contributed by atoms with van der Waals surface area (Å²) in [5, 5.41) is 0. The van der Waals surface area contributed by atoms with Crippen molar-refractivity contribution in [1.29, 1.82) is 0 Å². The minimum atomic E-state index is 0.868. The van der Waals surface area contributed by atoms with Gasteiger partial charge in [0.25, 0.3) is 0 Å². The molecule has 0 aliphatic carbocycles. The second-order valence-corrected chi connectivity index (χ2v) is 4.81. The Hall–Kier alpha value is -1.87. The van der Waals surface area contributed by atoms with Crippen molar-refractivity contribution in [3.63, 3.8) is 0 Å². The number of anilines is 1. The molecule has 0 radical (unpaired) electrons. The third kappa shape index (κ3) is 2.36. The molecule has 0 unspecified atom stereocenters. The molecule has 0 spiro atoms. The molecule has 1 aliphatic rings. The number of nitrogens with two attached hydrogens (primary N) is 1. The van der Waals surface area contributed by atoms with Crippen molar-refractivity contribution in [1.82, 2.24) is 9.88 Å². The summed E-state index contributed by atoms with van der Waals surface area (Å²) in [6.45, 7) is 2.99. The lowest BCUT2D eigenvalue weighted by Gasteiger charge is -2.28. The highest BCUT2D eigenvalue weighted by atomic mass is 15.1. The predicted octanol–water partition coefficient (Wildman–Crippen LogP) is 2.22. The van der Waals surface area contributed by atoms with E-state index in [9.17, 15) is 0 Å². The zero-order valence-corrected chi connectivity index (χ0v) is 10.3. The van der Waals surface area contributed by atoms with Crippen molar-refractivity contribution in [3.8, 4) is 0 Å². The zero-order valence-electron chi connectivity index (χ0n) is 10.3. The Morgan fingerprint density at radius 1 is 1.17 bits per heavy atom. The van der Waals surface area contributed by atoms with Gasteiger partial charge in [-0.1, -0.05) is 12.1 Å². The molecule has 92 valence electrons. The molecular formula is C15H17N3. The van der Waals surface area contributed by atoms with Gasteiger partial charge in [0.05, 0.1) is 5.69 Å². The van der Waals surface area contributed by atoms with Crippen LogP contribution in [0.2, 0.25) is 0 Å². The Morgan fingerprint density at radius 2 is 2.11 bits per heavy atom. The van der Waals surface area contributed by atoms with E-state index >= 15 is 0 Å². The maximum absolute atomic E-state index is 5.82. The summed E-state index contributed by atoms with van der Waals surface area (Å²) < 4.78 is 0. The monoisotopic (exact) mass is 239 g/mol. The summed E-state index contributed by atoms with van der Waals surface area (Å²) in [5.74, 6) is 0. The predicted molar refractivity (Wildman–Crippen MR) is 72.9 cm³/mol. The summed E-state index contributed by atoms with van der Waals surface area (Å²) in [6.07, 6.45) is 2.93. The lowest BCUT2D eigenvalue weighted by molar-refractivity contribution is 0.243. The molecule has 0 fully saturated rings. The zero-order chi connectivity index (χ0) is 12.4. The molecule has 0 bridgehead atoms. The topological polar surface area (TPSA) is 42.1 Å². The second-order valence-electron chi connectivity index (χ2n) is 4.81. The van der Waals surface area contributed by atoms with Crippen LogP contribution in [0.15, 0.2) is 42.6 Å². The highest BCUT2D eigenvalue weighted by Crippen LogP contribution is 2.22. The van der Waals surface area contributed by atoms with Crippen LogP contribution in [-0.2, 0) is 19.5 Å². The van der Waals surface area contributed by atoms with E-state index in [1.807, 2.05) is 24.4 Å². The van der Waals surface area contributed by atoms with E-state index in [-0.39, 0.29) is 0 Å². The van der Waals surface area contributed by atoms with Gasteiger partial charge in [-0.25, -0.2) is 0 Å². The first kappa shape index (κ1) is 11.2. The Kier molecular flexibility index (Phi) is 2.99. The fourth-order valence-corrected chi connectivity index (χ4v) is 2.49. The van der Waals surface area contributed by atoms with Crippen LogP contribution >= 0.6 is 0 Å². The number of hydrogen-bond donors (Lipinski definition) is 1. The molecule has 3 rings (SSSR count). The largest absolute Gasteiger partial charge is 0.399 e. The van der Waals surface area contributed by atoms with E-state index in [1.54, 1.807) is 0 Å². The molecule has 1 aromatic carbocycles. The number of nitrogens with zero attached hydrogens (tertiary/aromatic N) is 2. The highest BCUT2D eigenvalue weighted by Gasteiger charge is 2.16. The van der Waals surface area contributed by atoms with Crippen LogP contribution in [0.4, 0.5) is 5.69 Å². The van der Waals surface area contributed by atoms with Gasteiger partial charge >= 0.3 is 0 Å². The van der Waals surface area contributed by atoms with Crippen molar-refractivity contribution < 1.29 is 0 Å². The van der Waals surface area contributed by atoms with Gasteiger partial charge in [0.2, 0.25) is 0 Å². The molecule has 0 atom stereocenters. The summed E-state index contributed by atoms with van der Waals surface area (Å²) in [5.41, 5.74) is 10.6. The molecule has 3 nitrogen and oxygen atoms in total. The Balaban J connectivity index is 1.73. The van der Waals surface area contributed by atoms with Crippen LogP contribution in [0, 0.1) is 0 Å². The molecule has 2 aromatic rings. The normalized spacial score (nSPS) is 15.3. The molecular weight excluding hydrogens is 222 g/mol. The quantitative estimate of drug-likeness (QED) is 0.817. The van der Waals surface area contributed by atoms with Crippen molar-refractivity contribution in [2.45, 2.75) is 19.5 Å². The molecule has 0 saturated heterocycles. The van der Waals surface area contributed by atoms with Gasteiger partial charge in [0.15, 0.2) is 0 Å². The number of rotatable bonds is 2. The lowest BCUT2D eigenvalue weighted by atomic mass is 9.99. The smallest absolute Gasteiger partial charge is 0.0544 e. The third-order valence-electron chi connectivity index (χ3n) is 3.43.